The van der Waals surface area contributed by atoms with Gasteiger partial charge in [-0.15, -0.1) is 0 Å². The number of hydrogen-bond acceptors (Lipinski definition) is 5. The molecule has 1 aliphatic rings. The molecule has 30 heavy (non-hydrogen) atoms. The number of esters is 1. The first-order valence-electron chi connectivity index (χ1n) is 10.1. The minimum Gasteiger partial charge on any atom is -0.493 e. The zero-order valence-corrected chi connectivity index (χ0v) is 17.4. The number of nitrogens with one attached hydrogen (secondary N) is 1. The van der Waals surface area contributed by atoms with Gasteiger partial charge in [0, 0.05) is 6.08 Å². The molecule has 6 heteroatoms. The quantitative estimate of drug-likeness (QED) is 0.530. The maximum Gasteiger partial charge on any atom is 0.331 e. The first-order chi connectivity index (χ1) is 14.6. The molecule has 1 amide bonds. The molecule has 2 aromatic rings. The predicted octanol–water partition coefficient (Wildman–Crippen LogP) is 3.84. The Morgan fingerprint density at radius 1 is 1.17 bits per heavy atom. The first-order valence-corrected chi connectivity index (χ1v) is 10.1. The number of carbonyl (C=O) groups excluding carboxylic acids is 2. The van der Waals surface area contributed by atoms with E-state index in [4.69, 9.17) is 14.2 Å². The fraction of sp³-hybridized carbons (Fsp3) is 0.333. The molecule has 0 saturated heterocycles. The van der Waals surface area contributed by atoms with Crippen LogP contribution in [0.15, 0.2) is 48.5 Å². The number of carbonyl (C=O) groups is 2. The molecule has 158 valence electrons. The molecule has 0 bridgehead atoms. The zero-order chi connectivity index (χ0) is 21.3. The van der Waals surface area contributed by atoms with Gasteiger partial charge < -0.3 is 19.5 Å². The van der Waals surface area contributed by atoms with Crippen LogP contribution in [0.5, 0.6) is 11.5 Å². The summed E-state index contributed by atoms with van der Waals surface area (Å²) in [7, 11) is 1.56. The lowest BCUT2D eigenvalue weighted by molar-refractivity contribution is -0.144. The first kappa shape index (κ1) is 21.4. The molecule has 0 fully saturated rings. The number of hydrogen-bond donors (Lipinski definition) is 1. The molecule has 3 rings (SSSR count). The van der Waals surface area contributed by atoms with Crippen LogP contribution in [-0.4, -0.2) is 32.2 Å². The van der Waals surface area contributed by atoms with Gasteiger partial charge in [0.25, 0.3) is 5.91 Å². The molecule has 6 nitrogen and oxygen atoms in total. The summed E-state index contributed by atoms with van der Waals surface area (Å²) in [5.74, 6) is 0.337. The van der Waals surface area contributed by atoms with E-state index in [-0.39, 0.29) is 18.6 Å². The van der Waals surface area contributed by atoms with E-state index in [2.05, 4.69) is 11.4 Å². The van der Waals surface area contributed by atoms with Gasteiger partial charge in [0.15, 0.2) is 18.1 Å². The van der Waals surface area contributed by atoms with Crippen molar-refractivity contribution < 1.29 is 23.8 Å². The number of fused-ring (bicyclic) bond motifs is 1. The van der Waals surface area contributed by atoms with Crippen molar-refractivity contribution in [1.29, 1.82) is 0 Å². The smallest absolute Gasteiger partial charge is 0.331 e. The molecular formula is C24H27NO5. The van der Waals surface area contributed by atoms with Gasteiger partial charge in [0.1, 0.15) is 0 Å². The summed E-state index contributed by atoms with van der Waals surface area (Å²) in [6, 6.07) is 13.4. The van der Waals surface area contributed by atoms with Gasteiger partial charge in [-0.2, -0.15) is 0 Å². The molecule has 1 atom stereocenters. The third-order valence-electron chi connectivity index (χ3n) is 4.95. The minimum atomic E-state index is -0.581. The lowest BCUT2D eigenvalue weighted by atomic mass is 9.88. The van der Waals surface area contributed by atoms with Gasteiger partial charge in [-0.05, 0) is 61.1 Å². The van der Waals surface area contributed by atoms with E-state index in [0.29, 0.717) is 18.1 Å². The minimum absolute atomic E-state index is 0.0342. The topological polar surface area (TPSA) is 73.9 Å². The second-order valence-corrected chi connectivity index (χ2v) is 7.00. The van der Waals surface area contributed by atoms with Crippen LogP contribution in [0.2, 0.25) is 0 Å². The molecule has 1 N–H and O–H groups in total. The molecule has 0 aromatic heterocycles. The van der Waals surface area contributed by atoms with Crippen molar-refractivity contribution in [2.24, 2.45) is 0 Å². The highest BCUT2D eigenvalue weighted by molar-refractivity contribution is 5.89. The third kappa shape index (κ3) is 5.63. The third-order valence-corrected chi connectivity index (χ3v) is 4.95. The summed E-state index contributed by atoms with van der Waals surface area (Å²) < 4.78 is 15.8. The number of methoxy groups -OCH3 is 1. The number of aryl methyl sites for hydroxylation is 1. The molecule has 0 heterocycles. The van der Waals surface area contributed by atoms with Crippen molar-refractivity contribution in [3.8, 4) is 11.5 Å². The van der Waals surface area contributed by atoms with Gasteiger partial charge in [0.05, 0.1) is 19.8 Å². The molecule has 0 unspecified atom stereocenters. The Labute approximate surface area is 176 Å². The fourth-order valence-electron chi connectivity index (χ4n) is 3.55. The molecule has 2 aromatic carbocycles. The van der Waals surface area contributed by atoms with Crippen LogP contribution in [0, 0.1) is 0 Å². The van der Waals surface area contributed by atoms with Gasteiger partial charge in [-0.1, -0.05) is 30.3 Å². The van der Waals surface area contributed by atoms with Crippen molar-refractivity contribution in [3.63, 3.8) is 0 Å². The summed E-state index contributed by atoms with van der Waals surface area (Å²) in [6.07, 6.45) is 5.83. The van der Waals surface area contributed by atoms with E-state index in [1.54, 1.807) is 25.3 Å². The molecule has 1 aliphatic carbocycles. The SMILES string of the molecule is CCOc1ccc(/C=C/C(=O)OCC(=O)N[C@@H]2CCCc3ccccc32)cc1OC. The van der Waals surface area contributed by atoms with Crippen LogP contribution >= 0.6 is 0 Å². The van der Waals surface area contributed by atoms with Gasteiger partial charge in [-0.3, -0.25) is 4.79 Å². The summed E-state index contributed by atoms with van der Waals surface area (Å²) in [5.41, 5.74) is 3.17. The van der Waals surface area contributed by atoms with Crippen molar-refractivity contribution >= 4 is 18.0 Å². The van der Waals surface area contributed by atoms with E-state index in [0.717, 1.165) is 30.4 Å². The van der Waals surface area contributed by atoms with Crippen molar-refractivity contribution in [2.75, 3.05) is 20.3 Å². The maximum absolute atomic E-state index is 12.2. The van der Waals surface area contributed by atoms with Crippen LogP contribution in [-0.2, 0) is 20.7 Å². The predicted molar refractivity (Wildman–Crippen MR) is 114 cm³/mol. The average Bonchev–Trinajstić information content (AvgIpc) is 2.77. The number of rotatable bonds is 8. The fourth-order valence-corrected chi connectivity index (χ4v) is 3.55. The second-order valence-electron chi connectivity index (χ2n) is 7.00. The van der Waals surface area contributed by atoms with Gasteiger partial charge in [0.2, 0.25) is 0 Å². The lowest BCUT2D eigenvalue weighted by Crippen LogP contribution is -2.34. The van der Waals surface area contributed by atoms with Crippen LogP contribution in [0.25, 0.3) is 6.08 Å². The molecule has 0 saturated carbocycles. The average molecular weight is 409 g/mol. The van der Waals surface area contributed by atoms with Crippen LogP contribution in [0.3, 0.4) is 0 Å². The van der Waals surface area contributed by atoms with Crippen molar-refractivity contribution in [3.05, 3.63) is 65.2 Å². The Bertz CT molecular complexity index is 922. The Hall–Kier alpha value is -3.28. The van der Waals surface area contributed by atoms with Crippen LogP contribution in [0.1, 0.15) is 42.5 Å². The Balaban J connectivity index is 1.50. The summed E-state index contributed by atoms with van der Waals surface area (Å²) in [6.45, 7) is 2.12. The van der Waals surface area contributed by atoms with Crippen molar-refractivity contribution in [1.82, 2.24) is 5.32 Å². The number of ether oxygens (including phenoxy) is 3. The molecule has 0 aliphatic heterocycles. The van der Waals surface area contributed by atoms with E-state index in [1.807, 2.05) is 31.2 Å². The number of benzene rings is 2. The Kier molecular flexibility index (Phi) is 7.49. The van der Waals surface area contributed by atoms with Gasteiger partial charge in [-0.25, -0.2) is 4.79 Å². The number of amides is 1. The second kappa shape index (κ2) is 10.5. The normalized spacial score (nSPS) is 15.3. The summed E-state index contributed by atoms with van der Waals surface area (Å²) in [4.78, 5) is 24.2. The highest BCUT2D eigenvalue weighted by Gasteiger charge is 2.21. The standard InChI is InChI=1S/C24H27NO5/c1-3-29-21-13-11-17(15-22(21)28-2)12-14-24(27)30-16-23(26)25-20-10-6-8-18-7-4-5-9-19(18)20/h4-5,7,9,11-15,20H,3,6,8,10,16H2,1-2H3,(H,25,26)/b14-12+/t20-/m1/s1. The molecular weight excluding hydrogens is 382 g/mol. The van der Waals surface area contributed by atoms with E-state index < -0.39 is 5.97 Å². The van der Waals surface area contributed by atoms with Crippen LogP contribution in [0.4, 0.5) is 0 Å². The highest BCUT2D eigenvalue weighted by atomic mass is 16.5. The van der Waals surface area contributed by atoms with E-state index in [1.165, 1.54) is 11.6 Å². The Morgan fingerprint density at radius 2 is 2.00 bits per heavy atom. The Morgan fingerprint density at radius 3 is 2.80 bits per heavy atom. The van der Waals surface area contributed by atoms with Crippen LogP contribution < -0.4 is 14.8 Å². The van der Waals surface area contributed by atoms with Crippen molar-refractivity contribution in [2.45, 2.75) is 32.2 Å². The largest absolute Gasteiger partial charge is 0.493 e. The lowest BCUT2D eigenvalue weighted by Gasteiger charge is -2.26. The maximum atomic E-state index is 12.2. The summed E-state index contributed by atoms with van der Waals surface area (Å²) in [5, 5.41) is 2.97. The van der Waals surface area contributed by atoms with E-state index in [9.17, 15) is 9.59 Å². The molecule has 0 radical (unpaired) electrons. The monoisotopic (exact) mass is 409 g/mol. The molecule has 0 spiro atoms. The van der Waals surface area contributed by atoms with E-state index >= 15 is 0 Å². The highest BCUT2D eigenvalue weighted by Crippen LogP contribution is 2.29. The summed E-state index contributed by atoms with van der Waals surface area (Å²) >= 11 is 0. The zero-order valence-electron chi connectivity index (χ0n) is 17.4. The van der Waals surface area contributed by atoms with Gasteiger partial charge >= 0.3 is 5.97 Å².